The lowest BCUT2D eigenvalue weighted by Gasteiger charge is -2.52. The Balaban J connectivity index is 0.00000461. The van der Waals surface area contributed by atoms with E-state index in [2.05, 4.69) is 17.1 Å². The molecule has 2 heterocycles. The molecule has 2 aromatic carbocycles. The number of carboxylic acids is 1. The first-order valence-corrected chi connectivity index (χ1v) is 16.1. The van der Waals surface area contributed by atoms with E-state index >= 15 is 0 Å². The predicted octanol–water partition coefficient (Wildman–Crippen LogP) is 5.01. The van der Waals surface area contributed by atoms with E-state index in [-0.39, 0.29) is 35.7 Å². The predicted molar refractivity (Wildman–Crippen MR) is 172 cm³/mol. The third kappa shape index (κ3) is 7.56. The lowest BCUT2D eigenvalue weighted by molar-refractivity contribution is -0.165. The summed E-state index contributed by atoms with van der Waals surface area (Å²) in [5.74, 6) is 0.194. The summed E-state index contributed by atoms with van der Waals surface area (Å²) in [6, 6.07) is 11.4. The number of likely N-dealkylation sites (tertiary alicyclic amines) is 1. The van der Waals surface area contributed by atoms with Gasteiger partial charge in [0.1, 0.15) is 17.3 Å². The summed E-state index contributed by atoms with van der Waals surface area (Å²) in [5, 5.41) is 23.3. The maximum absolute atomic E-state index is 13.8. The number of halogens is 1. The van der Waals surface area contributed by atoms with E-state index in [1.54, 1.807) is 11.0 Å². The Hall–Kier alpha value is -3.34. The highest BCUT2D eigenvalue weighted by Crippen LogP contribution is 2.37. The van der Waals surface area contributed by atoms with Crippen LogP contribution >= 0.6 is 12.4 Å². The van der Waals surface area contributed by atoms with Gasteiger partial charge in [-0.25, -0.2) is 4.79 Å². The summed E-state index contributed by atoms with van der Waals surface area (Å²) in [6.07, 6.45) is 5.92. The van der Waals surface area contributed by atoms with Crippen LogP contribution in [-0.2, 0) is 16.1 Å². The van der Waals surface area contributed by atoms with Crippen molar-refractivity contribution in [1.82, 2.24) is 15.1 Å². The van der Waals surface area contributed by atoms with Crippen molar-refractivity contribution in [2.75, 3.05) is 26.2 Å². The number of piperidine rings is 1. The highest BCUT2D eigenvalue weighted by molar-refractivity contribution is 6.00. The molecule has 0 bridgehead atoms. The number of benzene rings is 2. The Morgan fingerprint density at radius 1 is 1.04 bits per heavy atom. The number of aromatic carboxylic acids is 1. The molecule has 0 unspecified atom stereocenters. The van der Waals surface area contributed by atoms with E-state index in [1.165, 1.54) is 12.1 Å². The SMILES string of the molecule is CCCCN1C(=O)[C@@H]([C@H](O)C2CCCC2)NC(=O)C12CCN(Cc1ccc(Oc3ccc(C(=O)O)cc3OCC)cc1)CC2.Cl. The standard InChI is InChI=1S/C34H45N3O7.ClH/c1-3-5-18-37-31(39)29(30(38)24-8-6-7-9-24)35-33(42)34(37)16-19-36(20-17-34)22-23-10-13-26(14-11-23)44-27-15-12-25(32(40)41)21-28(27)43-4-2;/h10-15,21,24,29-30,38H,3-9,16-20,22H2,1-2H3,(H,35,42)(H,40,41);1H/t29-,30-;/m1./s1. The topological polar surface area (TPSA) is 129 Å². The molecule has 11 heteroatoms. The number of nitrogens with one attached hydrogen (secondary N) is 1. The Bertz CT molecular complexity index is 1320. The molecule has 2 aliphatic heterocycles. The van der Waals surface area contributed by atoms with Crippen molar-refractivity contribution in [3.8, 4) is 17.2 Å². The van der Waals surface area contributed by atoms with Crippen LogP contribution in [0.15, 0.2) is 42.5 Å². The molecule has 5 rings (SSSR count). The molecule has 1 spiro atoms. The second-order valence-electron chi connectivity index (χ2n) is 12.3. The third-order valence-corrected chi connectivity index (χ3v) is 9.45. The van der Waals surface area contributed by atoms with Gasteiger partial charge in [0, 0.05) is 26.2 Å². The zero-order valence-corrected chi connectivity index (χ0v) is 27.0. The molecule has 1 aliphatic carbocycles. The molecular weight excluding hydrogens is 598 g/mol. The number of nitrogens with zero attached hydrogens (tertiary/aromatic N) is 2. The summed E-state index contributed by atoms with van der Waals surface area (Å²) in [7, 11) is 0. The molecule has 45 heavy (non-hydrogen) atoms. The average Bonchev–Trinajstić information content (AvgIpc) is 3.57. The average molecular weight is 644 g/mol. The van der Waals surface area contributed by atoms with Crippen molar-refractivity contribution in [2.45, 2.75) is 89.4 Å². The van der Waals surface area contributed by atoms with Crippen molar-refractivity contribution in [3.63, 3.8) is 0 Å². The fraction of sp³-hybridized carbons (Fsp3) is 0.559. The second-order valence-corrected chi connectivity index (χ2v) is 12.3. The van der Waals surface area contributed by atoms with Crippen LogP contribution < -0.4 is 14.8 Å². The van der Waals surface area contributed by atoms with E-state index in [0.717, 1.165) is 44.1 Å². The van der Waals surface area contributed by atoms with E-state index in [4.69, 9.17) is 9.47 Å². The highest BCUT2D eigenvalue weighted by atomic mass is 35.5. The maximum Gasteiger partial charge on any atom is 0.335 e. The Morgan fingerprint density at radius 3 is 2.36 bits per heavy atom. The smallest absolute Gasteiger partial charge is 0.335 e. The molecule has 0 radical (unpaired) electrons. The number of rotatable bonds is 12. The van der Waals surface area contributed by atoms with Crippen LogP contribution in [0, 0.1) is 5.92 Å². The Labute approximate surface area is 271 Å². The van der Waals surface area contributed by atoms with Crippen LogP contribution in [0.5, 0.6) is 17.2 Å². The minimum atomic E-state index is -1.03. The van der Waals surface area contributed by atoms with E-state index in [0.29, 0.717) is 62.9 Å². The molecule has 0 aromatic heterocycles. The van der Waals surface area contributed by atoms with Gasteiger partial charge < -0.3 is 29.9 Å². The molecule has 3 fully saturated rings. The first kappa shape index (κ1) is 34.5. The second kappa shape index (κ2) is 15.3. The van der Waals surface area contributed by atoms with Crippen molar-refractivity contribution in [3.05, 3.63) is 53.6 Å². The monoisotopic (exact) mass is 643 g/mol. The quantitative estimate of drug-likeness (QED) is 0.295. The molecule has 246 valence electrons. The molecule has 2 aromatic rings. The fourth-order valence-electron chi connectivity index (χ4n) is 6.90. The minimum Gasteiger partial charge on any atom is -0.490 e. The van der Waals surface area contributed by atoms with Gasteiger partial charge in [-0.05, 0) is 80.8 Å². The van der Waals surface area contributed by atoms with Crippen molar-refractivity contribution >= 4 is 30.2 Å². The van der Waals surface area contributed by atoms with Gasteiger partial charge in [0.25, 0.3) is 0 Å². The number of carbonyl (C=O) groups excluding carboxylic acids is 2. The molecule has 3 aliphatic rings. The van der Waals surface area contributed by atoms with Crippen molar-refractivity contribution in [1.29, 1.82) is 0 Å². The number of unbranched alkanes of at least 4 members (excludes halogenated alkanes) is 1. The lowest BCUT2D eigenvalue weighted by Crippen LogP contribution is -2.75. The van der Waals surface area contributed by atoms with Crippen molar-refractivity contribution in [2.24, 2.45) is 5.92 Å². The fourth-order valence-corrected chi connectivity index (χ4v) is 6.90. The summed E-state index contributed by atoms with van der Waals surface area (Å²) in [5.41, 5.74) is 0.344. The molecular formula is C34H46ClN3O7. The number of piperazine rings is 1. The molecule has 2 amide bonds. The van der Waals surface area contributed by atoms with Gasteiger partial charge in [-0.3, -0.25) is 14.5 Å². The maximum atomic E-state index is 13.8. The summed E-state index contributed by atoms with van der Waals surface area (Å²) >= 11 is 0. The van der Waals surface area contributed by atoms with Gasteiger partial charge in [0.2, 0.25) is 11.8 Å². The van der Waals surface area contributed by atoms with E-state index in [9.17, 15) is 24.6 Å². The number of ether oxygens (including phenoxy) is 2. The van der Waals surface area contributed by atoms with Crippen LogP contribution in [0.3, 0.4) is 0 Å². The molecule has 2 atom stereocenters. The number of hydrogen-bond donors (Lipinski definition) is 3. The number of carboxylic acid groups (broad SMARTS) is 1. The number of hydrogen-bond acceptors (Lipinski definition) is 7. The molecule has 10 nitrogen and oxygen atoms in total. The van der Waals surface area contributed by atoms with Crippen LogP contribution in [-0.4, -0.2) is 81.7 Å². The van der Waals surface area contributed by atoms with E-state index < -0.39 is 23.7 Å². The van der Waals surface area contributed by atoms with Crippen LogP contribution in [0.2, 0.25) is 0 Å². The first-order chi connectivity index (χ1) is 21.3. The van der Waals surface area contributed by atoms with Crippen LogP contribution in [0.4, 0.5) is 0 Å². The highest BCUT2D eigenvalue weighted by Gasteiger charge is 2.55. The van der Waals surface area contributed by atoms with Gasteiger partial charge >= 0.3 is 5.97 Å². The van der Waals surface area contributed by atoms with Gasteiger partial charge in [-0.15, -0.1) is 12.4 Å². The zero-order chi connectivity index (χ0) is 31.3. The van der Waals surface area contributed by atoms with Crippen LogP contribution in [0.25, 0.3) is 0 Å². The molecule has 2 saturated heterocycles. The number of aliphatic hydroxyl groups is 1. The zero-order valence-electron chi connectivity index (χ0n) is 26.2. The number of amides is 2. The third-order valence-electron chi connectivity index (χ3n) is 9.45. The summed E-state index contributed by atoms with van der Waals surface area (Å²) in [4.78, 5) is 42.9. The van der Waals surface area contributed by atoms with E-state index in [1.807, 2.05) is 31.2 Å². The summed E-state index contributed by atoms with van der Waals surface area (Å²) in [6.45, 7) is 6.86. The van der Waals surface area contributed by atoms with Gasteiger partial charge in [-0.1, -0.05) is 38.3 Å². The number of aliphatic hydroxyl groups excluding tert-OH is 1. The largest absolute Gasteiger partial charge is 0.490 e. The van der Waals surface area contributed by atoms with Gasteiger partial charge in [-0.2, -0.15) is 0 Å². The minimum absolute atomic E-state index is 0. The normalized spacial score (nSPS) is 20.9. The lowest BCUT2D eigenvalue weighted by atomic mass is 9.80. The Morgan fingerprint density at radius 2 is 1.73 bits per heavy atom. The molecule has 1 saturated carbocycles. The summed E-state index contributed by atoms with van der Waals surface area (Å²) < 4.78 is 11.6. The first-order valence-electron chi connectivity index (χ1n) is 16.1. The molecule has 3 N–H and O–H groups in total. The Kier molecular flexibility index (Phi) is 11.7. The van der Waals surface area contributed by atoms with Gasteiger partial charge in [0.05, 0.1) is 18.3 Å². The van der Waals surface area contributed by atoms with Gasteiger partial charge in [0.15, 0.2) is 11.5 Å². The van der Waals surface area contributed by atoms with Crippen LogP contribution in [0.1, 0.15) is 81.1 Å². The number of carbonyl (C=O) groups is 3. The van der Waals surface area contributed by atoms with Crippen molar-refractivity contribution < 1.29 is 34.1 Å².